The van der Waals surface area contributed by atoms with E-state index in [-0.39, 0.29) is 29.4 Å². The zero-order chi connectivity index (χ0) is 17.8. The Hall–Kier alpha value is -1.66. The second-order valence-corrected chi connectivity index (χ2v) is 7.04. The van der Waals surface area contributed by atoms with Gasteiger partial charge in [-0.3, -0.25) is 9.59 Å². The van der Waals surface area contributed by atoms with Crippen molar-refractivity contribution in [3.8, 4) is 0 Å². The van der Waals surface area contributed by atoms with Crippen LogP contribution in [0.3, 0.4) is 0 Å². The number of nitrogens with zero attached hydrogens (tertiary/aromatic N) is 2. The molecule has 25 heavy (non-hydrogen) atoms. The van der Waals surface area contributed by atoms with Gasteiger partial charge in [0.2, 0.25) is 5.91 Å². The Morgan fingerprint density at radius 3 is 2.56 bits per heavy atom. The molecule has 0 aromatic heterocycles. The van der Waals surface area contributed by atoms with E-state index in [9.17, 15) is 14.0 Å². The van der Waals surface area contributed by atoms with E-state index in [1.165, 1.54) is 18.2 Å². The molecule has 1 saturated heterocycles. The zero-order valence-corrected chi connectivity index (χ0v) is 14.9. The van der Waals surface area contributed by atoms with Crippen molar-refractivity contribution >= 4 is 23.4 Å². The van der Waals surface area contributed by atoms with E-state index in [2.05, 4.69) is 5.32 Å². The van der Waals surface area contributed by atoms with E-state index in [4.69, 9.17) is 11.6 Å². The molecule has 5 nitrogen and oxygen atoms in total. The van der Waals surface area contributed by atoms with Gasteiger partial charge in [-0.15, -0.1) is 0 Å². The minimum Gasteiger partial charge on any atom is -0.339 e. The van der Waals surface area contributed by atoms with Crippen LogP contribution in [0.15, 0.2) is 18.2 Å². The van der Waals surface area contributed by atoms with Crippen molar-refractivity contribution in [3.63, 3.8) is 0 Å². The lowest BCUT2D eigenvalue weighted by Gasteiger charge is -2.33. The lowest BCUT2D eigenvalue weighted by atomic mass is 10.1. The van der Waals surface area contributed by atoms with Gasteiger partial charge >= 0.3 is 0 Å². The number of carbonyl (C=O) groups is 2. The molecule has 0 spiro atoms. The van der Waals surface area contributed by atoms with Crippen LogP contribution >= 0.6 is 11.6 Å². The molecule has 136 valence electrons. The minimum absolute atomic E-state index is 0.0324. The lowest BCUT2D eigenvalue weighted by molar-refractivity contribution is -0.132. The second-order valence-electron chi connectivity index (χ2n) is 6.63. The Morgan fingerprint density at radius 2 is 1.92 bits per heavy atom. The molecule has 2 aliphatic rings. The van der Waals surface area contributed by atoms with Crippen molar-refractivity contribution < 1.29 is 14.0 Å². The van der Waals surface area contributed by atoms with Crippen molar-refractivity contribution in [2.24, 2.45) is 0 Å². The van der Waals surface area contributed by atoms with Gasteiger partial charge < -0.3 is 15.1 Å². The molecule has 7 heteroatoms. The Morgan fingerprint density at radius 1 is 1.24 bits per heavy atom. The van der Waals surface area contributed by atoms with Crippen molar-refractivity contribution in [2.75, 3.05) is 32.7 Å². The molecule has 1 heterocycles. The predicted molar refractivity (Wildman–Crippen MR) is 94.2 cm³/mol. The minimum atomic E-state index is -0.553. The van der Waals surface area contributed by atoms with Gasteiger partial charge in [-0.05, 0) is 31.0 Å². The highest BCUT2D eigenvalue weighted by molar-refractivity contribution is 6.31. The molecule has 2 amide bonds. The highest BCUT2D eigenvalue weighted by atomic mass is 35.5. The number of benzene rings is 1. The Kier molecular flexibility index (Phi) is 5.91. The molecule has 1 aromatic carbocycles. The van der Waals surface area contributed by atoms with Crippen molar-refractivity contribution in [3.05, 3.63) is 34.6 Å². The smallest absolute Gasteiger partial charge is 0.254 e. The summed E-state index contributed by atoms with van der Waals surface area (Å²) in [6, 6.07) is 4.03. The second kappa shape index (κ2) is 8.15. The van der Waals surface area contributed by atoms with Gasteiger partial charge in [0.25, 0.3) is 5.91 Å². The standard InChI is InChI=1S/C18H23ClFN3O2/c19-15-11-13(5-6-16(15)20)18(25)23(14-3-1-2-4-14)12-17(24)22-9-7-21-8-10-22/h5-6,11,14,21H,1-4,7-10,12H2. The summed E-state index contributed by atoms with van der Waals surface area (Å²) in [4.78, 5) is 29.1. The summed E-state index contributed by atoms with van der Waals surface area (Å²) >= 11 is 5.82. The molecule has 0 radical (unpaired) electrons. The van der Waals surface area contributed by atoms with E-state index < -0.39 is 5.82 Å². The number of hydrogen-bond acceptors (Lipinski definition) is 3. The third-order valence-electron chi connectivity index (χ3n) is 4.97. The third-order valence-corrected chi connectivity index (χ3v) is 5.26. The number of halogens is 2. The van der Waals surface area contributed by atoms with Crippen LogP contribution < -0.4 is 5.32 Å². The van der Waals surface area contributed by atoms with E-state index in [1.54, 1.807) is 9.80 Å². The maximum absolute atomic E-state index is 13.4. The number of piperazine rings is 1. The fraction of sp³-hybridized carbons (Fsp3) is 0.556. The number of amides is 2. The molecule has 1 N–H and O–H groups in total. The molecular weight excluding hydrogens is 345 g/mol. The van der Waals surface area contributed by atoms with Gasteiger partial charge in [0.15, 0.2) is 0 Å². The molecule has 1 saturated carbocycles. The quantitative estimate of drug-likeness (QED) is 0.888. The first-order valence-electron chi connectivity index (χ1n) is 8.81. The summed E-state index contributed by atoms with van der Waals surface area (Å²) < 4.78 is 13.4. The Balaban J connectivity index is 1.77. The van der Waals surface area contributed by atoms with Crippen LogP contribution in [0.1, 0.15) is 36.0 Å². The van der Waals surface area contributed by atoms with Crippen LogP contribution in [-0.2, 0) is 4.79 Å². The zero-order valence-electron chi connectivity index (χ0n) is 14.1. The normalized spacial score (nSPS) is 18.4. The molecule has 0 atom stereocenters. The first kappa shape index (κ1) is 18.1. The van der Waals surface area contributed by atoms with Crippen LogP contribution in [0.5, 0.6) is 0 Å². The summed E-state index contributed by atoms with van der Waals surface area (Å²) in [5.41, 5.74) is 0.325. The van der Waals surface area contributed by atoms with Gasteiger partial charge in [-0.2, -0.15) is 0 Å². The predicted octanol–water partition coefficient (Wildman–Crippen LogP) is 2.30. The number of carbonyl (C=O) groups excluding carboxylic acids is 2. The van der Waals surface area contributed by atoms with Crippen LogP contribution in [0.2, 0.25) is 5.02 Å². The topological polar surface area (TPSA) is 52.7 Å². The fourth-order valence-corrected chi connectivity index (χ4v) is 3.72. The fourth-order valence-electron chi connectivity index (χ4n) is 3.54. The molecular formula is C18H23ClFN3O2. The molecule has 2 fully saturated rings. The first-order valence-corrected chi connectivity index (χ1v) is 9.18. The average molecular weight is 368 g/mol. The molecule has 1 aliphatic heterocycles. The lowest BCUT2D eigenvalue weighted by Crippen LogP contribution is -2.52. The monoisotopic (exact) mass is 367 g/mol. The van der Waals surface area contributed by atoms with Crippen molar-refractivity contribution in [1.29, 1.82) is 0 Å². The first-order chi connectivity index (χ1) is 12.1. The molecule has 0 unspecified atom stereocenters. The molecule has 3 rings (SSSR count). The van der Waals surface area contributed by atoms with Crippen LogP contribution in [0.25, 0.3) is 0 Å². The summed E-state index contributed by atoms with van der Waals surface area (Å²) in [7, 11) is 0. The van der Waals surface area contributed by atoms with E-state index in [0.29, 0.717) is 18.7 Å². The van der Waals surface area contributed by atoms with Crippen LogP contribution in [0.4, 0.5) is 4.39 Å². The van der Waals surface area contributed by atoms with Crippen molar-refractivity contribution in [2.45, 2.75) is 31.7 Å². The Labute approximate surface area is 152 Å². The van der Waals surface area contributed by atoms with Gasteiger partial charge in [0.1, 0.15) is 12.4 Å². The number of rotatable bonds is 4. The maximum atomic E-state index is 13.4. The number of hydrogen-bond donors (Lipinski definition) is 1. The largest absolute Gasteiger partial charge is 0.339 e. The van der Waals surface area contributed by atoms with Gasteiger partial charge in [0.05, 0.1) is 5.02 Å². The van der Waals surface area contributed by atoms with Gasteiger partial charge in [-0.25, -0.2) is 4.39 Å². The molecule has 0 bridgehead atoms. The average Bonchev–Trinajstić information content (AvgIpc) is 3.16. The summed E-state index contributed by atoms with van der Waals surface area (Å²) in [5.74, 6) is -0.838. The third kappa shape index (κ3) is 4.30. The van der Waals surface area contributed by atoms with E-state index >= 15 is 0 Å². The summed E-state index contributed by atoms with van der Waals surface area (Å²) in [5, 5.41) is 3.14. The maximum Gasteiger partial charge on any atom is 0.254 e. The summed E-state index contributed by atoms with van der Waals surface area (Å²) in [6.45, 7) is 2.94. The summed E-state index contributed by atoms with van der Waals surface area (Å²) in [6.07, 6.45) is 3.91. The SMILES string of the molecule is O=C(CN(C(=O)c1ccc(F)c(Cl)c1)C1CCCC1)N1CCNCC1. The van der Waals surface area contributed by atoms with E-state index in [0.717, 1.165) is 38.8 Å². The molecule has 1 aliphatic carbocycles. The van der Waals surface area contributed by atoms with E-state index in [1.807, 2.05) is 0 Å². The number of nitrogens with one attached hydrogen (secondary N) is 1. The Bertz CT molecular complexity index is 643. The van der Waals surface area contributed by atoms with Gasteiger partial charge in [0, 0.05) is 37.8 Å². The van der Waals surface area contributed by atoms with Crippen LogP contribution in [0, 0.1) is 5.82 Å². The van der Waals surface area contributed by atoms with Crippen molar-refractivity contribution in [1.82, 2.24) is 15.1 Å². The molecule has 1 aromatic rings. The van der Waals surface area contributed by atoms with Gasteiger partial charge in [-0.1, -0.05) is 24.4 Å². The van der Waals surface area contributed by atoms with Crippen LogP contribution in [-0.4, -0.2) is 60.4 Å². The highest BCUT2D eigenvalue weighted by Gasteiger charge is 2.31. The highest BCUT2D eigenvalue weighted by Crippen LogP contribution is 2.26.